The number of rotatable bonds is 3. The lowest BCUT2D eigenvalue weighted by atomic mass is 10.0. The minimum Gasteiger partial charge on any atom is -0.392 e. The Balaban J connectivity index is 2.67. The second-order valence-electron chi connectivity index (χ2n) is 3.83. The molecule has 4 nitrogen and oxygen atoms in total. The first kappa shape index (κ1) is 11.9. The summed E-state index contributed by atoms with van der Waals surface area (Å²) in [6.07, 6.45) is 2.02. The Kier molecular flexibility index (Phi) is 3.86. The van der Waals surface area contributed by atoms with E-state index < -0.39 is 10.0 Å². The average molecular weight is 236 g/mol. The monoisotopic (exact) mass is 236 g/mol. The van der Waals surface area contributed by atoms with Crippen LogP contribution in [0.1, 0.15) is 19.8 Å². The first-order valence-corrected chi connectivity index (χ1v) is 6.69. The summed E-state index contributed by atoms with van der Waals surface area (Å²) in [6.45, 7) is 3.27. The summed E-state index contributed by atoms with van der Waals surface area (Å²) in [5.41, 5.74) is 5.25. The second kappa shape index (κ2) is 4.55. The third-order valence-corrected chi connectivity index (χ3v) is 4.46. The summed E-state index contributed by atoms with van der Waals surface area (Å²) < 4.78 is 24.9. The van der Waals surface area contributed by atoms with Crippen molar-refractivity contribution in [3.05, 3.63) is 0 Å². The van der Waals surface area contributed by atoms with Crippen LogP contribution in [0.2, 0.25) is 0 Å². The lowest BCUT2D eigenvalue weighted by Crippen LogP contribution is -2.42. The molecule has 1 aliphatic heterocycles. The summed E-state index contributed by atoms with van der Waals surface area (Å²) in [5, 5.41) is 0. The zero-order valence-electron chi connectivity index (χ0n) is 8.27. The summed E-state index contributed by atoms with van der Waals surface area (Å²) in [4.78, 5) is 0.0447. The Morgan fingerprint density at radius 3 is 2.79 bits per heavy atom. The summed E-state index contributed by atoms with van der Waals surface area (Å²) >= 11 is 4.61. The maximum atomic E-state index is 11.7. The smallest absolute Gasteiger partial charge is 0.220 e. The zero-order chi connectivity index (χ0) is 10.8. The molecule has 0 aromatic rings. The third-order valence-electron chi connectivity index (χ3n) is 2.34. The van der Waals surface area contributed by atoms with E-state index in [2.05, 4.69) is 19.1 Å². The van der Waals surface area contributed by atoms with E-state index in [1.54, 1.807) is 0 Å². The predicted molar refractivity (Wildman–Crippen MR) is 60.5 cm³/mol. The van der Waals surface area contributed by atoms with Crippen molar-refractivity contribution in [1.29, 1.82) is 0 Å². The molecular weight excluding hydrogens is 220 g/mol. The van der Waals surface area contributed by atoms with Gasteiger partial charge in [-0.05, 0) is 18.8 Å². The van der Waals surface area contributed by atoms with E-state index in [1.807, 2.05) is 0 Å². The van der Waals surface area contributed by atoms with Gasteiger partial charge < -0.3 is 5.73 Å². The summed E-state index contributed by atoms with van der Waals surface area (Å²) in [5.74, 6) is 0.236. The largest absolute Gasteiger partial charge is 0.392 e. The molecule has 1 atom stereocenters. The van der Waals surface area contributed by atoms with E-state index >= 15 is 0 Å². The molecule has 6 heteroatoms. The highest BCUT2D eigenvalue weighted by Crippen LogP contribution is 2.18. The van der Waals surface area contributed by atoms with Gasteiger partial charge in [-0.2, -0.15) is 0 Å². The number of hydrogen-bond acceptors (Lipinski definition) is 3. The Bertz CT molecular complexity index is 313. The van der Waals surface area contributed by atoms with Crippen LogP contribution in [0.3, 0.4) is 0 Å². The van der Waals surface area contributed by atoms with Gasteiger partial charge in [-0.15, -0.1) is 0 Å². The van der Waals surface area contributed by atoms with Crippen LogP contribution in [-0.4, -0.2) is 36.6 Å². The minimum absolute atomic E-state index is 0.0447. The fraction of sp³-hybridized carbons (Fsp3) is 0.875. The van der Waals surface area contributed by atoms with Gasteiger partial charge in [-0.25, -0.2) is 12.7 Å². The Morgan fingerprint density at radius 1 is 1.64 bits per heavy atom. The van der Waals surface area contributed by atoms with E-state index in [4.69, 9.17) is 5.73 Å². The number of nitrogens with two attached hydrogens (primary N) is 1. The zero-order valence-corrected chi connectivity index (χ0v) is 9.90. The molecular formula is C8H16N2O2S2. The van der Waals surface area contributed by atoms with Gasteiger partial charge in [0, 0.05) is 13.1 Å². The van der Waals surface area contributed by atoms with Crippen molar-refractivity contribution in [3.63, 3.8) is 0 Å². The van der Waals surface area contributed by atoms with Gasteiger partial charge in [-0.3, -0.25) is 0 Å². The Morgan fingerprint density at radius 2 is 2.29 bits per heavy atom. The molecule has 1 unspecified atom stereocenters. The van der Waals surface area contributed by atoms with Crippen molar-refractivity contribution in [3.8, 4) is 0 Å². The lowest BCUT2D eigenvalue weighted by Gasteiger charge is -2.29. The standard InChI is InChI=1S/C8H16N2O2S2/c1-7-3-2-4-10(5-7)14(11,12)6-8(9)13/h7H,2-6H2,1H3,(H2,9,13). The topological polar surface area (TPSA) is 63.4 Å². The van der Waals surface area contributed by atoms with Crippen LogP contribution in [0.5, 0.6) is 0 Å². The fourth-order valence-corrected chi connectivity index (χ4v) is 3.55. The number of hydrogen-bond donors (Lipinski definition) is 1. The van der Waals surface area contributed by atoms with Crippen molar-refractivity contribution in [2.45, 2.75) is 19.8 Å². The molecule has 0 aliphatic carbocycles. The van der Waals surface area contributed by atoms with Crippen molar-refractivity contribution in [1.82, 2.24) is 4.31 Å². The molecule has 0 spiro atoms. The van der Waals surface area contributed by atoms with Crippen molar-refractivity contribution < 1.29 is 8.42 Å². The van der Waals surface area contributed by atoms with Crippen LogP contribution in [0.25, 0.3) is 0 Å². The number of piperidine rings is 1. The molecule has 1 rings (SSSR count). The number of sulfonamides is 1. The molecule has 0 amide bonds. The highest BCUT2D eigenvalue weighted by molar-refractivity contribution is 7.92. The number of nitrogens with zero attached hydrogens (tertiary/aromatic N) is 1. The van der Waals surface area contributed by atoms with E-state index in [9.17, 15) is 8.42 Å². The Labute approximate surface area is 90.5 Å². The quantitative estimate of drug-likeness (QED) is 0.718. The molecule has 0 aromatic carbocycles. The molecule has 82 valence electrons. The molecule has 2 N–H and O–H groups in total. The normalized spacial score (nSPS) is 24.8. The second-order valence-corrected chi connectivity index (χ2v) is 6.32. The molecule has 0 saturated carbocycles. The van der Waals surface area contributed by atoms with Crippen LogP contribution < -0.4 is 5.73 Å². The van der Waals surface area contributed by atoms with Gasteiger partial charge in [0.1, 0.15) is 5.75 Å². The van der Waals surface area contributed by atoms with E-state index in [-0.39, 0.29) is 10.7 Å². The molecule has 0 radical (unpaired) electrons. The third kappa shape index (κ3) is 3.18. The minimum atomic E-state index is -3.25. The van der Waals surface area contributed by atoms with Gasteiger partial charge in [0.05, 0.1) is 4.99 Å². The van der Waals surface area contributed by atoms with Gasteiger partial charge in [-0.1, -0.05) is 19.1 Å². The van der Waals surface area contributed by atoms with Crippen molar-refractivity contribution in [2.75, 3.05) is 18.8 Å². The van der Waals surface area contributed by atoms with Gasteiger partial charge >= 0.3 is 0 Å². The molecule has 14 heavy (non-hydrogen) atoms. The van der Waals surface area contributed by atoms with Gasteiger partial charge in [0.25, 0.3) is 0 Å². The average Bonchev–Trinajstić information content (AvgIpc) is 2.01. The van der Waals surface area contributed by atoms with E-state index in [0.29, 0.717) is 19.0 Å². The molecule has 1 saturated heterocycles. The first-order chi connectivity index (χ1) is 6.42. The number of thiocarbonyl (C=S) groups is 1. The SMILES string of the molecule is CC1CCCN(S(=O)(=O)CC(N)=S)C1. The van der Waals surface area contributed by atoms with Crippen molar-refractivity contribution in [2.24, 2.45) is 11.7 Å². The molecule has 0 bridgehead atoms. The lowest BCUT2D eigenvalue weighted by molar-refractivity contribution is 0.282. The van der Waals surface area contributed by atoms with Gasteiger partial charge in [0.15, 0.2) is 0 Å². The Hall–Kier alpha value is -0.200. The van der Waals surface area contributed by atoms with Crippen LogP contribution in [-0.2, 0) is 10.0 Å². The van der Waals surface area contributed by atoms with Crippen LogP contribution >= 0.6 is 12.2 Å². The van der Waals surface area contributed by atoms with Gasteiger partial charge in [0.2, 0.25) is 10.0 Å². The summed E-state index contributed by atoms with van der Waals surface area (Å²) in [7, 11) is -3.25. The highest BCUT2D eigenvalue weighted by Gasteiger charge is 2.27. The van der Waals surface area contributed by atoms with Crippen LogP contribution in [0.4, 0.5) is 0 Å². The maximum absolute atomic E-state index is 11.7. The molecule has 1 aliphatic rings. The molecule has 1 fully saturated rings. The first-order valence-electron chi connectivity index (χ1n) is 4.68. The van der Waals surface area contributed by atoms with Crippen molar-refractivity contribution >= 4 is 27.2 Å². The summed E-state index contributed by atoms with van der Waals surface area (Å²) in [6, 6.07) is 0. The molecule has 1 heterocycles. The van der Waals surface area contributed by atoms with E-state index in [1.165, 1.54) is 4.31 Å². The van der Waals surface area contributed by atoms with Crippen LogP contribution in [0, 0.1) is 5.92 Å². The predicted octanol–water partition coefficient (Wildman–Crippen LogP) is 0.334. The van der Waals surface area contributed by atoms with E-state index in [0.717, 1.165) is 12.8 Å². The maximum Gasteiger partial charge on any atom is 0.220 e. The van der Waals surface area contributed by atoms with Crippen LogP contribution in [0.15, 0.2) is 0 Å². The molecule has 0 aromatic heterocycles. The highest BCUT2D eigenvalue weighted by atomic mass is 32.2. The fourth-order valence-electron chi connectivity index (χ4n) is 1.67.